The SMILES string of the molecule is CC(Nc1cc(F)cc(F)c1)c1cc(C(=O)On2c(O)ccc2O)cc2c(=O)cc(N3CCOCC3)oc12. The summed E-state index contributed by atoms with van der Waals surface area (Å²) in [5.41, 5.74) is 0.0983. The van der Waals surface area contributed by atoms with Gasteiger partial charge in [-0.05, 0) is 31.2 Å². The monoisotopic (exact) mass is 527 g/mol. The van der Waals surface area contributed by atoms with Crippen molar-refractivity contribution < 1.29 is 37.8 Å². The average Bonchev–Trinajstić information content (AvgIpc) is 3.20. The summed E-state index contributed by atoms with van der Waals surface area (Å²) in [5.74, 6) is -3.28. The molecule has 4 aromatic rings. The van der Waals surface area contributed by atoms with Crippen LogP contribution in [0.3, 0.4) is 0 Å². The summed E-state index contributed by atoms with van der Waals surface area (Å²) in [6, 6.07) is 8.49. The van der Waals surface area contributed by atoms with Gasteiger partial charge in [0.1, 0.15) is 17.2 Å². The van der Waals surface area contributed by atoms with Crippen LogP contribution in [0.15, 0.2) is 57.7 Å². The molecule has 10 nitrogen and oxygen atoms in total. The molecule has 12 heteroatoms. The molecule has 0 radical (unpaired) electrons. The third-order valence-electron chi connectivity index (χ3n) is 6.09. The zero-order valence-corrected chi connectivity index (χ0v) is 20.1. The van der Waals surface area contributed by atoms with Crippen molar-refractivity contribution >= 4 is 28.5 Å². The number of rotatable bonds is 6. The Bertz CT molecular complexity index is 1540. The maximum atomic E-state index is 13.8. The first-order valence-electron chi connectivity index (χ1n) is 11.7. The highest BCUT2D eigenvalue weighted by molar-refractivity contribution is 5.96. The second-order valence-corrected chi connectivity index (χ2v) is 8.74. The maximum absolute atomic E-state index is 13.8. The van der Waals surface area contributed by atoms with Crippen molar-refractivity contribution in [1.29, 1.82) is 0 Å². The lowest BCUT2D eigenvalue weighted by molar-refractivity contribution is 0.0382. The summed E-state index contributed by atoms with van der Waals surface area (Å²) in [5, 5.41) is 22.7. The number of carbonyl (C=O) groups is 1. The Hall–Kier alpha value is -4.58. The molecule has 0 aliphatic carbocycles. The lowest BCUT2D eigenvalue weighted by Gasteiger charge is -2.27. The van der Waals surface area contributed by atoms with Crippen LogP contribution in [0.4, 0.5) is 20.4 Å². The molecule has 5 rings (SSSR count). The fraction of sp³-hybridized carbons (Fsp3) is 0.231. The largest absolute Gasteiger partial charge is 0.492 e. The normalized spacial score (nSPS) is 14.4. The Morgan fingerprint density at radius 2 is 1.68 bits per heavy atom. The van der Waals surface area contributed by atoms with Crippen LogP contribution in [0.25, 0.3) is 11.0 Å². The number of aromatic nitrogens is 1. The van der Waals surface area contributed by atoms with E-state index in [0.29, 0.717) is 42.5 Å². The minimum absolute atomic E-state index is 0.0616. The van der Waals surface area contributed by atoms with Gasteiger partial charge in [-0.1, -0.05) is 0 Å². The highest BCUT2D eigenvalue weighted by Crippen LogP contribution is 2.31. The lowest BCUT2D eigenvalue weighted by Crippen LogP contribution is -2.36. The Morgan fingerprint density at radius 1 is 1.03 bits per heavy atom. The second kappa shape index (κ2) is 10.1. The van der Waals surface area contributed by atoms with E-state index in [1.54, 1.807) is 6.92 Å². The van der Waals surface area contributed by atoms with E-state index in [2.05, 4.69) is 5.32 Å². The zero-order valence-electron chi connectivity index (χ0n) is 20.1. The summed E-state index contributed by atoms with van der Waals surface area (Å²) in [7, 11) is 0. The van der Waals surface area contributed by atoms with Crippen LogP contribution in [0.1, 0.15) is 28.9 Å². The van der Waals surface area contributed by atoms with Crippen molar-refractivity contribution in [3.05, 3.63) is 81.5 Å². The smallest absolute Gasteiger partial charge is 0.363 e. The van der Waals surface area contributed by atoms with Crippen LogP contribution in [0, 0.1) is 11.6 Å². The zero-order chi connectivity index (χ0) is 27.0. The van der Waals surface area contributed by atoms with Crippen molar-refractivity contribution in [2.75, 3.05) is 36.5 Å². The van der Waals surface area contributed by atoms with E-state index < -0.39 is 40.8 Å². The molecule has 1 saturated heterocycles. The molecule has 0 bridgehead atoms. The fourth-order valence-electron chi connectivity index (χ4n) is 4.25. The maximum Gasteiger partial charge on any atom is 0.363 e. The number of hydrogen-bond donors (Lipinski definition) is 3. The molecule has 3 N–H and O–H groups in total. The first-order chi connectivity index (χ1) is 18.2. The molecule has 2 aromatic carbocycles. The molecule has 0 amide bonds. The van der Waals surface area contributed by atoms with Crippen LogP contribution in [0.5, 0.6) is 11.8 Å². The van der Waals surface area contributed by atoms with Gasteiger partial charge in [0.05, 0.1) is 30.2 Å². The van der Waals surface area contributed by atoms with Crippen LogP contribution < -0.4 is 20.5 Å². The van der Waals surface area contributed by atoms with Gasteiger partial charge in [-0.15, -0.1) is 4.73 Å². The van der Waals surface area contributed by atoms with Gasteiger partial charge in [0.15, 0.2) is 11.3 Å². The van der Waals surface area contributed by atoms with Crippen LogP contribution in [-0.2, 0) is 4.74 Å². The molecule has 1 atom stereocenters. The van der Waals surface area contributed by atoms with Crippen molar-refractivity contribution in [2.45, 2.75) is 13.0 Å². The van der Waals surface area contributed by atoms with Crippen molar-refractivity contribution in [2.24, 2.45) is 0 Å². The number of nitrogens with zero attached hydrogens (tertiary/aromatic N) is 2. The van der Waals surface area contributed by atoms with Gasteiger partial charge >= 0.3 is 5.97 Å². The van der Waals surface area contributed by atoms with E-state index in [4.69, 9.17) is 14.0 Å². The van der Waals surface area contributed by atoms with Gasteiger partial charge in [0.25, 0.3) is 0 Å². The number of nitrogens with one attached hydrogen (secondary N) is 1. The van der Waals surface area contributed by atoms with Crippen molar-refractivity contribution in [1.82, 2.24) is 4.73 Å². The number of fused-ring (bicyclic) bond motifs is 1. The number of carbonyl (C=O) groups excluding carboxylic acids is 1. The molecule has 1 fully saturated rings. The van der Waals surface area contributed by atoms with E-state index >= 15 is 0 Å². The predicted molar refractivity (Wildman–Crippen MR) is 133 cm³/mol. The third kappa shape index (κ3) is 4.98. The van der Waals surface area contributed by atoms with E-state index in [1.807, 2.05) is 4.90 Å². The molecule has 1 aliphatic heterocycles. The minimum Gasteiger partial charge on any atom is -0.492 e. The van der Waals surface area contributed by atoms with Crippen molar-refractivity contribution in [3.8, 4) is 11.8 Å². The third-order valence-corrected chi connectivity index (χ3v) is 6.09. The van der Waals surface area contributed by atoms with Crippen LogP contribution in [0.2, 0.25) is 0 Å². The highest BCUT2D eigenvalue weighted by atomic mass is 19.1. The van der Waals surface area contributed by atoms with E-state index in [0.717, 1.165) is 30.3 Å². The standard InChI is InChI=1S/C26H23F2N3O7/c1-14(29-18-11-16(27)10-17(28)12-18)19-8-15(26(35)38-31-22(33)2-3-23(31)34)9-20-21(32)13-24(37-25(19)20)30-4-6-36-7-5-30/h2-3,8-14,29,33-34H,4-7H2,1H3. The van der Waals surface area contributed by atoms with E-state index in [-0.39, 0.29) is 22.2 Å². The summed E-state index contributed by atoms with van der Waals surface area (Å²) in [6.45, 7) is 3.60. The Kier molecular flexibility index (Phi) is 6.64. The van der Waals surface area contributed by atoms with Gasteiger partial charge in [-0.3, -0.25) is 4.79 Å². The molecule has 0 saturated carbocycles. The summed E-state index contributed by atoms with van der Waals surface area (Å²) >= 11 is 0. The quantitative estimate of drug-likeness (QED) is 0.345. The van der Waals surface area contributed by atoms with E-state index in [9.17, 15) is 28.6 Å². The molecule has 198 valence electrons. The van der Waals surface area contributed by atoms with Crippen molar-refractivity contribution in [3.63, 3.8) is 0 Å². The highest BCUT2D eigenvalue weighted by Gasteiger charge is 2.23. The Morgan fingerprint density at radius 3 is 2.34 bits per heavy atom. The lowest BCUT2D eigenvalue weighted by atomic mass is 10.0. The summed E-state index contributed by atoms with van der Waals surface area (Å²) < 4.78 is 39.6. The first-order valence-corrected chi connectivity index (χ1v) is 11.7. The van der Waals surface area contributed by atoms with Gasteiger partial charge in [-0.25, -0.2) is 13.6 Å². The Labute approximate surface area is 214 Å². The average molecular weight is 527 g/mol. The van der Waals surface area contributed by atoms with Gasteiger partial charge in [-0.2, -0.15) is 0 Å². The van der Waals surface area contributed by atoms with Gasteiger partial charge in [0, 0.05) is 48.6 Å². The number of ether oxygens (including phenoxy) is 1. The number of halogens is 2. The topological polar surface area (TPSA) is 126 Å². The minimum atomic E-state index is -0.990. The molecule has 1 unspecified atom stereocenters. The molecular formula is C26H23F2N3O7. The summed E-state index contributed by atoms with van der Waals surface area (Å²) in [4.78, 5) is 33.1. The fourth-order valence-corrected chi connectivity index (χ4v) is 4.25. The molecule has 0 spiro atoms. The number of aromatic hydroxyl groups is 2. The van der Waals surface area contributed by atoms with Gasteiger partial charge in [0.2, 0.25) is 11.8 Å². The molecule has 1 aliphatic rings. The molecule has 2 aromatic heterocycles. The van der Waals surface area contributed by atoms with Crippen LogP contribution in [-0.4, -0.2) is 47.2 Å². The molecular weight excluding hydrogens is 504 g/mol. The predicted octanol–water partition coefficient (Wildman–Crippen LogP) is 3.56. The van der Waals surface area contributed by atoms with E-state index in [1.165, 1.54) is 18.2 Å². The molecule has 38 heavy (non-hydrogen) atoms. The first kappa shape index (κ1) is 25.1. The Balaban J connectivity index is 1.61. The summed E-state index contributed by atoms with van der Waals surface area (Å²) in [6.07, 6.45) is 0. The second-order valence-electron chi connectivity index (χ2n) is 8.74. The number of benzene rings is 2. The number of hydrogen-bond acceptors (Lipinski definition) is 9. The number of anilines is 2. The van der Waals surface area contributed by atoms with Crippen LogP contribution >= 0.6 is 0 Å². The van der Waals surface area contributed by atoms with Gasteiger partial charge < -0.3 is 34.4 Å². The number of morpholine rings is 1. The molecule has 3 heterocycles.